The summed E-state index contributed by atoms with van der Waals surface area (Å²) in [4.78, 5) is 16.1. The molecule has 7 nitrogen and oxygen atoms in total. The Labute approximate surface area is 108 Å². The smallest absolute Gasteiger partial charge is 0.230 e. The number of nitrogens with one attached hydrogen (secondary N) is 2. The average Bonchev–Trinajstić information content (AvgIpc) is 3.00. The molecule has 96 valence electrons. The first-order chi connectivity index (χ1) is 9.22. The van der Waals surface area contributed by atoms with Gasteiger partial charge in [0.15, 0.2) is 5.82 Å². The SMILES string of the molecule is Cn1cnc2cc(CC(=O)Nc3cn[nH]n3)ccc21. The van der Waals surface area contributed by atoms with Crippen molar-refractivity contribution < 1.29 is 4.79 Å². The number of benzene rings is 1. The van der Waals surface area contributed by atoms with Crippen LogP contribution in [0.4, 0.5) is 5.82 Å². The largest absolute Gasteiger partial charge is 0.334 e. The minimum Gasteiger partial charge on any atom is -0.334 e. The van der Waals surface area contributed by atoms with E-state index in [1.807, 2.05) is 29.8 Å². The van der Waals surface area contributed by atoms with Crippen LogP contribution in [0.5, 0.6) is 0 Å². The highest BCUT2D eigenvalue weighted by molar-refractivity contribution is 5.91. The van der Waals surface area contributed by atoms with Gasteiger partial charge in [0.2, 0.25) is 5.91 Å². The highest BCUT2D eigenvalue weighted by Gasteiger charge is 2.07. The number of anilines is 1. The number of rotatable bonds is 3. The Hall–Kier alpha value is -2.70. The van der Waals surface area contributed by atoms with E-state index in [-0.39, 0.29) is 12.3 Å². The van der Waals surface area contributed by atoms with Gasteiger partial charge in [0.05, 0.1) is 30.0 Å². The van der Waals surface area contributed by atoms with Crippen LogP contribution in [0.1, 0.15) is 5.56 Å². The number of aromatic nitrogens is 5. The Morgan fingerprint density at radius 2 is 2.37 bits per heavy atom. The van der Waals surface area contributed by atoms with Crippen LogP contribution in [0.25, 0.3) is 11.0 Å². The van der Waals surface area contributed by atoms with E-state index >= 15 is 0 Å². The van der Waals surface area contributed by atoms with Crippen molar-refractivity contribution in [3.63, 3.8) is 0 Å². The standard InChI is InChI=1S/C12H12N6O/c1-18-7-13-9-4-8(2-3-10(9)18)5-12(19)15-11-6-14-17-16-11/h2-4,6-7H,5H2,1H3,(H2,14,15,16,17,19). The van der Waals surface area contributed by atoms with E-state index in [0.717, 1.165) is 16.6 Å². The van der Waals surface area contributed by atoms with Crippen LogP contribution < -0.4 is 5.32 Å². The molecule has 0 aliphatic carbocycles. The van der Waals surface area contributed by atoms with Gasteiger partial charge >= 0.3 is 0 Å². The number of fused-ring (bicyclic) bond motifs is 1. The van der Waals surface area contributed by atoms with E-state index < -0.39 is 0 Å². The number of nitrogens with zero attached hydrogens (tertiary/aromatic N) is 4. The Kier molecular flexibility index (Phi) is 2.71. The summed E-state index contributed by atoms with van der Waals surface area (Å²) in [7, 11) is 1.94. The number of aryl methyl sites for hydroxylation is 1. The molecule has 2 N–H and O–H groups in total. The molecule has 0 radical (unpaired) electrons. The molecule has 1 amide bonds. The third-order valence-corrected chi connectivity index (χ3v) is 2.84. The van der Waals surface area contributed by atoms with E-state index in [1.54, 1.807) is 6.33 Å². The van der Waals surface area contributed by atoms with Crippen LogP contribution in [0.3, 0.4) is 0 Å². The molecule has 0 aliphatic rings. The zero-order chi connectivity index (χ0) is 13.2. The Balaban J connectivity index is 1.75. The second-order valence-corrected chi connectivity index (χ2v) is 4.26. The summed E-state index contributed by atoms with van der Waals surface area (Å²) in [5.74, 6) is 0.285. The Bertz CT molecular complexity index is 715. The molecular formula is C12H12N6O. The number of carbonyl (C=O) groups is 1. The van der Waals surface area contributed by atoms with Gasteiger partial charge in [0.1, 0.15) is 0 Å². The molecule has 0 saturated carbocycles. The molecule has 3 aromatic rings. The number of aromatic amines is 1. The molecule has 3 rings (SSSR count). The number of carbonyl (C=O) groups excluding carboxylic acids is 1. The first kappa shape index (κ1) is 11.4. The van der Waals surface area contributed by atoms with E-state index in [2.05, 4.69) is 25.7 Å². The number of amides is 1. The Morgan fingerprint density at radius 1 is 1.47 bits per heavy atom. The van der Waals surface area contributed by atoms with Crippen molar-refractivity contribution in [2.75, 3.05) is 5.32 Å². The van der Waals surface area contributed by atoms with Gasteiger partial charge in [0, 0.05) is 7.05 Å². The normalized spacial score (nSPS) is 10.8. The molecule has 0 bridgehead atoms. The number of hydrogen-bond donors (Lipinski definition) is 2. The van der Waals surface area contributed by atoms with Gasteiger partial charge in [-0.1, -0.05) is 6.07 Å². The highest BCUT2D eigenvalue weighted by atomic mass is 16.1. The number of H-pyrrole nitrogens is 1. The number of imidazole rings is 1. The summed E-state index contributed by atoms with van der Waals surface area (Å²) in [6, 6.07) is 5.80. The third kappa shape index (κ3) is 2.30. The lowest BCUT2D eigenvalue weighted by Crippen LogP contribution is -2.14. The summed E-state index contributed by atoms with van der Waals surface area (Å²) in [5.41, 5.74) is 2.84. The highest BCUT2D eigenvalue weighted by Crippen LogP contribution is 2.14. The summed E-state index contributed by atoms with van der Waals surface area (Å²) in [5, 5.41) is 12.5. The van der Waals surface area contributed by atoms with Gasteiger partial charge in [-0.15, -0.1) is 5.10 Å². The molecule has 19 heavy (non-hydrogen) atoms. The Morgan fingerprint density at radius 3 is 3.16 bits per heavy atom. The van der Waals surface area contributed by atoms with Crippen LogP contribution >= 0.6 is 0 Å². The second kappa shape index (κ2) is 4.52. The van der Waals surface area contributed by atoms with Gasteiger partial charge in [-0.25, -0.2) is 4.98 Å². The lowest BCUT2D eigenvalue weighted by atomic mass is 10.1. The fourth-order valence-electron chi connectivity index (χ4n) is 1.93. The minimum atomic E-state index is -0.135. The predicted molar refractivity (Wildman–Crippen MR) is 69.4 cm³/mol. The molecule has 2 aromatic heterocycles. The van der Waals surface area contributed by atoms with Crippen LogP contribution in [0.2, 0.25) is 0 Å². The van der Waals surface area contributed by atoms with Crippen LogP contribution in [0, 0.1) is 0 Å². The van der Waals surface area contributed by atoms with Crippen LogP contribution in [0.15, 0.2) is 30.7 Å². The summed E-state index contributed by atoms with van der Waals surface area (Å²) < 4.78 is 1.94. The van der Waals surface area contributed by atoms with Crippen molar-refractivity contribution in [2.45, 2.75) is 6.42 Å². The van der Waals surface area contributed by atoms with Crippen molar-refractivity contribution in [3.8, 4) is 0 Å². The molecule has 1 aromatic carbocycles. The van der Waals surface area contributed by atoms with Gasteiger partial charge in [0.25, 0.3) is 0 Å². The van der Waals surface area contributed by atoms with E-state index in [0.29, 0.717) is 5.82 Å². The van der Waals surface area contributed by atoms with Crippen LogP contribution in [-0.4, -0.2) is 30.9 Å². The maximum atomic E-state index is 11.8. The maximum Gasteiger partial charge on any atom is 0.230 e. The van der Waals surface area contributed by atoms with E-state index in [1.165, 1.54) is 6.20 Å². The molecule has 0 atom stereocenters. The molecule has 7 heteroatoms. The lowest BCUT2D eigenvalue weighted by Gasteiger charge is -2.02. The van der Waals surface area contributed by atoms with Crippen LogP contribution in [-0.2, 0) is 18.3 Å². The van der Waals surface area contributed by atoms with Gasteiger partial charge in [-0.3, -0.25) is 4.79 Å². The maximum absolute atomic E-state index is 11.8. The van der Waals surface area contributed by atoms with Crippen molar-refractivity contribution in [1.82, 2.24) is 25.0 Å². The number of hydrogen-bond acceptors (Lipinski definition) is 4. The first-order valence-corrected chi connectivity index (χ1v) is 5.78. The van der Waals surface area contributed by atoms with Crippen molar-refractivity contribution in [1.29, 1.82) is 0 Å². The average molecular weight is 256 g/mol. The zero-order valence-electron chi connectivity index (χ0n) is 10.3. The van der Waals surface area contributed by atoms with E-state index in [9.17, 15) is 4.79 Å². The quantitative estimate of drug-likeness (QED) is 0.727. The molecule has 0 fully saturated rings. The monoisotopic (exact) mass is 256 g/mol. The van der Waals surface area contributed by atoms with E-state index in [4.69, 9.17) is 0 Å². The second-order valence-electron chi connectivity index (χ2n) is 4.26. The van der Waals surface area contributed by atoms with Crippen molar-refractivity contribution in [3.05, 3.63) is 36.3 Å². The van der Waals surface area contributed by atoms with Gasteiger partial charge in [-0.05, 0) is 17.7 Å². The molecule has 0 unspecified atom stereocenters. The first-order valence-electron chi connectivity index (χ1n) is 5.78. The molecular weight excluding hydrogens is 244 g/mol. The molecule has 0 aliphatic heterocycles. The molecule has 2 heterocycles. The fourth-order valence-corrected chi connectivity index (χ4v) is 1.93. The lowest BCUT2D eigenvalue weighted by molar-refractivity contribution is -0.115. The minimum absolute atomic E-state index is 0.135. The van der Waals surface area contributed by atoms with Gasteiger partial charge in [-0.2, -0.15) is 10.3 Å². The summed E-state index contributed by atoms with van der Waals surface area (Å²) in [6.07, 6.45) is 3.49. The zero-order valence-corrected chi connectivity index (χ0v) is 10.3. The van der Waals surface area contributed by atoms with Crippen molar-refractivity contribution >= 4 is 22.8 Å². The molecule has 0 saturated heterocycles. The van der Waals surface area contributed by atoms with Gasteiger partial charge < -0.3 is 9.88 Å². The molecule has 0 spiro atoms. The predicted octanol–water partition coefficient (Wildman–Crippen LogP) is 0.873. The third-order valence-electron chi connectivity index (χ3n) is 2.84. The van der Waals surface area contributed by atoms with Crippen molar-refractivity contribution in [2.24, 2.45) is 7.05 Å². The topological polar surface area (TPSA) is 88.5 Å². The summed E-state index contributed by atoms with van der Waals surface area (Å²) in [6.45, 7) is 0. The fraction of sp³-hybridized carbons (Fsp3) is 0.167. The summed E-state index contributed by atoms with van der Waals surface area (Å²) >= 11 is 0.